The Hall–Kier alpha value is -2.64. The number of nitrogens with one attached hydrogen (secondary N) is 1. The third-order valence-electron chi connectivity index (χ3n) is 2.99. The van der Waals surface area contributed by atoms with Crippen LogP contribution in [-0.2, 0) is 6.18 Å². The number of aromatic nitrogens is 1. The van der Waals surface area contributed by atoms with Crippen molar-refractivity contribution in [1.29, 1.82) is 0 Å². The summed E-state index contributed by atoms with van der Waals surface area (Å²) in [6, 6.07) is 7.89. The number of alkyl halides is 3. The van der Waals surface area contributed by atoms with E-state index in [1.54, 1.807) is 31.4 Å². The van der Waals surface area contributed by atoms with Crippen molar-refractivity contribution in [2.24, 2.45) is 0 Å². The van der Waals surface area contributed by atoms with E-state index in [4.69, 9.17) is 15.2 Å². The molecule has 2 rings (SSSR count). The molecule has 0 saturated heterocycles. The predicted octanol–water partition coefficient (Wildman–Crippen LogP) is 3.18. The smallest absolute Gasteiger partial charge is 0.417 e. The quantitative estimate of drug-likeness (QED) is 0.798. The van der Waals surface area contributed by atoms with Crippen LogP contribution in [0, 0.1) is 0 Å². The van der Waals surface area contributed by atoms with Crippen LogP contribution in [0.2, 0.25) is 0 Å². The van der Waals surface area contributed by atoms with Gasteiger partial charge in [-0.15, -0.1) is 0 Å². The molecule has 0 unspecified atom stereocenters. The van der Waals surface area contributed by atoms with Crippen molar-refractivity contribution in [2.75, 3.05) is 31.3 Å². The zero-order valence-electron chi connectivity index (χ0n) is 12.4. The zero-order valence-corrected chi connectivity index (χ0v) is 12.4. The number of hydrogen-bond acceptors (Lipinski definition) is 5. The van der Waals surface area contributed by atoms with E-state index in [0.717, 1.165) is 6.07 Å². The Morgan fingerprint density at radius 3 is 2.43 bits per heavy atom. The van der Waals surface area contributed by atoms with Gasteiger partial charge in [-0.05, 0) is 30.3 Å². The molecule has 0 spiro atoms. The molecule has 5 nitrogen and oxygen atoms in total. The maximum Gasteiger partial charge on any atom is 0.417 e. The fourth-order valence-electron chi connectivity index (χ4n) is 1.80. The van der Waals surface area contributed by atoms with Crippen molar-refractivity contribution < 1.29 is 22.6 Å². The van der Waals surface area contributed by atoms with E-state index in [9.17, 15) is 13.2 Å². The van der Waals surface area contributed by atoms with Gasteiger partial charge in [0.2, 0.25) is 0 Å². The van der Waals surface area contributed by atoms with Gasteiger partial charge in [-0.1, -0.05) is 0 Å². The van der Waals surface area contributed by atoms with Crippen LogP contribution in [-0.4, -0.2) is 25.2 Å². The van der Waals surface area contributed by atoms with E-state index < -0.39 is 11.7 Å². The average Bonchev–Trinajstić information content (AvgIpc) is 2.52. The zero-order chi connectivity index (χ0) is 16.9. The second-order valence-electron chi connectivity index (χ2n) is 4.61. The molecule has 0 radical (unpaired) electrons. The largest absolute Gasteiger partial charge is 0.497 e. The lowest BCUT2D eigenvalue weighted by molar-refractivity contribution is -0.137. The van der Waals surface area contributed by atoms with E-state index in [1.165, 1.54) is 0 Å². The van der Waals surface area contributed by atoms with E-state index in [0.29, 0.717) is 17.7 Å². The third kappa shape index (κ3) is 4.67. The van der Waals surface area contributed by atoms with Gasteiger partial charge in [0.05, 0.1) is 18.4 Å². The summed E-state index contributed by atoms with van der Waals surface area (Å²) in [4.78, 5) is 3.54. The Balaban J connectivity index is 1.88. The lowest BCUT2D eigenvalue weighted by atomic mass is 10.2. The maximum absolute atomic E-state index is 12.6. The summed E-state index contributed by atoms with van der Waals surface area (Å²) in [7, 11) is 1.56. The van der Waals surface area contributed by atoms with Gasteiger partial charge >= 0.3 is 6.18 Å². The maximum atomic E-state index is 12.6. The molecule has 8 heteroatoms. The van der Waals surface area contributed by atoms with Crippen LogP contribution >= 0.6 is 0 Å². The van der Waals surface area contributed by atoms with Gasteiger partial charge in [0, 0.05) is 12.7 Å². The van der Waals surface area contributed by atoms with Crippen LogP contribution in [0.3, 0.4) is 0 Å². The average molecular weight is 327 g/mol. The standard InChI is InChI=1S/C15H16F3N3O2/c1-22-11-2-4-12(5-3-11)23-7-6-20-13-8-10(15(16,17)18)9-21-14(13)19/h2-5,8-9,20H,6-7H2,1H3,(H2,19,21). The van der Waals surface area contributed by atoms with E-state index >= 15 is 0 Å². The summed E-state index contributed by atoms with van der Waals surface area (Å²) < 4.78 is 48.4. The number of methoxy groups -OCH3 is 1. The molecule has 0 aliphatic heterocycles. The molecule has 1 heterocycles. The van der Waals surface area contributed by atoms with Crippen molar-refractivity contribution in [3.8, 4) is 11.5 Å². The highest BCUT2D eigenvalue weighted by Gasteiger charge is 2.31. The first-order chi connectivity index (χ1) is 10.9. The monoisotopic (exact) mass is 327 g/mol. The number of hydrogen-bond donors (Lipinski definition) is 2. The molecule has 124 valence electrons. The topological polar surface area (TPSA) is 69.4 Å². The summed E-state index contributed by atoms with van der Waals surface area (Å²) in [6.07, 6.45) is -3.76. The van der Waals surface area contributed by atoms with Crippen molar-refractivity contribution in [3.05, 3.63) is 42.1 Å². The van der Waals surface area contributed by atoms with Crippen molar-refractivity contribution in [1.82, 2.24) is 4.98 Å². The summed E-state index contributed by atoms with van der Waals surface area (Å²) in [5.74, 6) is 1.34. The van der Waals surface area contributed by atoms with Crippen LogP contribution in [0.4, 0.5) is 24.7 Å². The molecule has 1 aromatic carbocycles. The van der Waals surface area contributed by atoms with Gasteiger partial charge in [-0.3, -0.25) is 0 Å². The van der Waals surface area contributed by atoms with Gasteiger partial charge in [0.25, 0.3) is 0 Å². The summed E-state index contributed by atoms with van der Waals surface area (Å²) in [6.45, 7) is 0.529. The molecule has 1 aromatic heterocycles. The molecule has 0 amide bonds. The third-order valence-corrected chi connectivity index (χ3v) is 2.99. The first-order valence-corrected chi connectivity index (χ1v) is 6.73. The summed E-state index contributed by atoms with van der Waals surface area (Å²) in [5.41, 5.74) is 4.83. The second kappa shape index (κ2) is 7.08. The summed E-state index contributed by atoms with van der Waals surface area (Å²) in [5, 5.41) is 2.78. The Morgan fingerprint density at radius 1 is 1.17 bits per heavy atom. The Bertz CT molecular complexity index is 645. The highest BCUT2D eigenvalue weighted by Crippen LogP contribution is 2.31. The minimum absolute atomic E-state index is 0.00227. The van der Waals surface area contributed by atoms with Gasteiger partial charge in [-0.25, -0.2) is 4.98 Å². The molecule has 23 heavy (non-hydrogen) atoms. The number of rotatable bonds is 6. The normalized spacial score (nSPS) is 11.1. The molecule has 3 N–H and O–H groups in total. The number of pyridine rings is 1. The number of nitrogen functional groups attached to an aromatic ring is 1. The van der Waals surface area contributed by atoms with E-state index in [2.05, 4.69) is 10.3 Å². The fourth-order valence-corrected chi connectivity index (χ4v) is 1.80. The Morgan fingerprint density at radius 2 is 1.83 bits per heavy atom. The first kappa shape index (κ1) is 16.7. The van der Waals surface area contributed by atoms with Crippen LogP contribution in [0.15, 0.2) is 36.5 Å². The van der Waals surface area contributed by atoms with E-state index in [-0.39, 0.29) is 24.7 Å². The molecule has 0 atom stereocenters. The summed E-state index contributed by atoms with van der Waals surface area (Å²) >= 11 is 0. The van der Waals surface area contributed by atoms with Gasteiger partial charge < -0.3 is 20.5 Å². The lowest BCUT2D eigenvalue weighted by Gasteiger charge is -2.13. The van der Waals surface area contributed by atoms with Crippen LogP contribution < -0.4 is 20.5 Å². The van der Waals surface area contributed by atoms with Gasteiger partial charge in [0.1, 0.15) is 23.9 Å². The number of halogens is 3. The van der Waals surface area contributed by atoms with Crippen molar-refractivity contribution in [3.63, 3.8) is 0 Å². The number of benzene rings is 1. The van der Waals surface area contributed by atoms with Crippen LogP contribution in [0.1, 0.15) is 5.56 Å². The number of nitrogens with two attached hydrogens (primary N) is 1. The number of anilines is 2. The van der Waals surface area contributed by atoms with Crippen LogP contribution in [0.25, 0.3) is 0 Å². The molecular formula is C15H16F3N3O2. The highest BCUT2D eigenvalue weighted by atomic mass is 19.4. The van der Waals surface area contributed by atoms with Gasteiger partial charge in [0.15, 0.2) is 0 Å². The molecule has 0 fully saturated rings. The second-order valence-corrected chi connectivity index (χ2v) is 4.61. The van der Waals surface area contributed by atoms with Crippen molar-refractivity contribution >= 4 is 11.5 Å². The predicted molar refractivity (Wildman–Crippen MR) is 80.6 cm³/mol. The number of nitrogens with zero attached hydrogens (tertiary/aromatic N) is 1. The number of ether oxygens (including phenoxy) is 2. The van der Waals surface area contributed by atoms with Crippen LogP contribution in [0.5, 0.6) is 11.5 Å². The van der Waals surface area contributed by atoms with Gasteiger partial charge in [-0.2, -0.15) is 13.2 Å². The minimum Gasteiger partial charge on any atom is -0.497 e. The van der Waals surface area contributed by atoms with E-state index in [1.807, 2.05) is 0 Å². The highest BCUT2D eigenvalue weighted by molar-refractivity contribution is 5.62. The first-order valence-electron chi connectivity index (χ1n) is 6.73. The SMILES string of the molecule is COc1ccc(OCCNc2cc(C(F)(F)F)cnc2N)cc1. The molecule has 0 aliphatic carbocycles. The molecule has 0 saturated carbocycles. The molecular weight excluding hydrogens is 311 g/mol. The Kier molecular flexibility index (Phi) is 5.15. The minimum atomic E-state index is -4.46. The van der Waals surface area contributed by atoms with Crippen molar-refractivity contribution in [2.45, 2.75) is 6.18 Å². The molecule has 0 aliphatic rings. The fraction of sp³-hybridized carbons (Fsp3) is 0.267. The Labute approximate surface area is 131 Å². The lowest BCUT2D eigenvalue weighted by Crippen LogP contribution is -2.14. The molecule has 2 aromatic rings. The molecule has 0 bridgehead atoms.